The molecule has 0 saturated carbocycles. The van der Waals surface area contributed by atoms with E-state index in [4.69, 9.17) is 0 Å². The molecule has 2 aliphatic rings. The van der Waals surface area contributed by atoms with Crippen LogP contribution in [0.5, 0.6) is 0 Å². The third-order valence-corrected chi connectivity index (χ3v) is 5.90. The van der Waals surface area contributed by atoms with E-state index in [0.29, 0.717) is 36.6 Å². The van der Waals surface area contributed by atoms with Crippen LogP contribution in [0.3, 0.4) is 0 Å². The minimum atomic E-state index is -0.541. The molecule has 0 bridgehead atoms. The lowest BCUT2D eigenvalue weighted by atomic mass is 10.2. The first-order valence-corrected chi connectivity index (χ1v) is 9.96. The maximum Gasteiger partial charge on any atom is 0.272 e. The summed E-state index contributed by atoms with van der Waals surface area (Å²) in [7, 11) is 3.75. The summed E-state index contributed by atoms with van der Waals surface area (Å²) in [6.07, 6.45) is 1.49. The van der Waals surface area contributed by atoms with E-state index in [1.54, 1.807) is 24.1 Å². The lowest BCUT2D eigenvalue weighted by Gasteiger charge is -2.15. The summed E-state index contributed by atoms with van der Waals surface area (Å²) in [5.74, 6) is -0.195. The van der Waals surface area contributed by atoms with E-state index < -0.39 is 6.04 Å². The molecule has 1 aromatic carbocycles. The van der Waals surface area contributed by atoms with Crippen molar-refractivity contribution < 1.29 is 14.0 Å². The van der Waals surface area contributed by atoms with Crippen LogP contribution >= 0.6 is 0 Å². The number of likely N-dealkylation sites (N-methyl/N-ethyl adjacent to an activating group) is 1. The summed E-state index contributed by atoms with van der Waals surface area (Å²) >= 11 is 0. The van der Waals surface area contributed by atoms with Crippen LogP contribution in [-0.2, 0) is 17.9 Å². The fourth-order valence-electron chi connectivity index (χ4n) is 4.16. The summed E-state index contributed by atoms with van der Waals surface area (Å²) < 4.78 is 15.8. The van der Waals surface area contributed by atoms with Crippen LogP contribution in [0, 0.1) is 5.82 Å². The maximum atomic E-state index is 13.8. The number of aromatic nitrogens is 2. The summed E-state index contributed by atoms with van der Waals surface area (Å²) in [5, 5.41) is 2.87. The smallest absolute Gasteiger partial charge is 0.272 e. The van der Waals surface area contributed by atoms with E-state index in [9.17, 15) is 14.0 Å². The Morgan fingerprint density at radius 2 is 2.07 bits per heavy atom. The van der Waals surface area contributed by atoms with Crippen molar-refractivity contribution in [3.05, 3.63) is 41.5 Å². The third-order valence-electron chi connectivity index (χ3n) is 5.90. The van der Waals surface area contributed by atoms with Crippen molar-refractivity contribution in [3.8, 4) is 11.4 Å². The second-order valence-electron chi connectivity index (χ2n) is 8.04. The van der Waals surface area contributed by atoms with E-state index >= 15 is 0 Å². The molecule has 2 amide bonds. The lowest BCUT2D eigenvalue weighted by Crippen LogP contribution is -2.41. The molecule has 2 atom stereocenters. The topological polar surface area (TPSA) is 70.5 Å². The largest absolute Gasteiger partial charge is 0.341 e. The van der Waals surface area contributed by atoms with Gasteiger partial charge in [0.2, 0.25) is 5.91 Å². The highest BCUT2D eigenvalue weighted by Gasteiger charge is 2.37. The number of carbonyl (C=O) groups is 2. The maximum absolute atomic E-state index is 13.8. The lowest BCUT2D eigenvalue weighted by molar-refractivity contribution is -0.128. The van der Waals surface area contributed by atoms with Gasteiger partial charge in [0.05, 0.1) is 5.69 Å². The first-order chi connectivity index (χ1) is 13.8. The van der Waals surface area contributed by atoms with Gasteiger partial charge in [-0.3, -0.25) is 9.59 Å². The Kier molecular flexibility index (Phi) is 5.12. The van der Waals surface area contributed by atoms with Crippen LogP contribution in [0.1, 0.15) is 35.9 Å². The molecule has 0 aliphatic carbocycles. The molecule has 1 saturated heterocycles. The zero-order chi connectivity index (χ0) is 20.7. The van der Waals surface area contributed by atoms with Crippen molar-refractivity contribution >= 4 is 11.8 Å². The van der Waals surface area contributed by atoms with Crippen LogP contribution in [0.2, 0.25) is 0 Å². The minimum Gasteiger partial charge on any atom is -0.341 e. The van der Waals surface area contributed by atoms with Gasteiger partial charge in [-0.2, -0.15) is 0 Å². The van der Waals surface area contributed by atoms with Crippen LogP contribution in [0.4, 0.5) is 4.39 Å². The molecule has 1 aromatic heterocycles. The van der Waals surface area contributed by atoms with E-state index in [2.05, 4.69) is 15.2 Å². The van der Waals surface area contributed by atoms with Gasteiger partial charge in [-0.15, -0.1) is 0 Å². The van der Waals surface area contributed by atoms with Gasteiger partial charge in [-0.25, -0.2) is 9.37 Å². The number of nitrogens with zero attached hydrogens (tertiary/aromatic N) is 4. The molecule has 7 nitrogen and oxygen atoms in total. The molecule has 1 fully saturated rings. The normalized spacial score (nSPS) is 22.5. The van der Waals surface area contributed by atoms with Gasteiger partial charge >= 0.3 is 0 Å². The van der Waals surface area contributed by atoms with Gasteiger partial charge in [0.15, 0.2) is 5.69 Å². The molecule has 4 rings (SSSR count). The second kappa shape index (κ2) is 7.59. The third kappa shape index (κ3) is 3.64. The SMILES string of the molecule is CC1C[C@H](NC(=O)c2nc(-c3cccc(F)c3)n3c2CN(C)CCC3)C(=O)N1C. The van der Waals surface area contributed by atoms with E-state index in [1.807, 2.05) is 18.5 Å². The number of halogens is 1. The fourth-order valence-corrected chi connectivity index (χ4v) is 4.16. The van der Waals surface area contributed by atoms with Crippen molar-refractivity contribution in [1.29, 1.82) is 0 Å². The highest BCUT2D eigenvalue weighted by atomic mass is 19.1. The highest BCUT2D eigenvalue weighted by molar-refractivity contribution is 5.98. The van der Waals surface area contributed by atoms with Crippen molar-refractivity contribution in [2.45, 2.75) is 44.9 Å². The van der Waals surface area contributed by atoms with E-state index in [-0.39, 0.29) is 23.7 Å². The number of amides is 2. The Labute approximate surface area is 169 Å². The number of likely N-dealkylation sites (tertiary alicyclic amines) is 1. The Bertz CT molecular complexity index is 957. The fraction of sp³-hybridized carbons (Fsp3) is 0.476. The molecular weight excluding hydrogens is 373 g/mol. The molecule has 3 heterocycles. The van der Waals surface area contributed by atoms with Crippen molar-refractivity contribution in [2.24, 2.45) is 0 Å². The number of rotatable bonds is 3. The first kappa shape index (κ1) is 19.6. The summed E-state index contributed by atoms with van der Waals surface area (Å²) in [4.78, 5) is 33.9. The Morgan fingerprint density at radius 3 is 2.76 bits per heavy atom. The number of hydrogen-bond acceptors (Lipinski definition) is 4. The highest BCUT2D eigenvalue weighted by Crippen LogP contribution is 2.27. The average molecular weight is 399 g/mol. The average Bonchev–Trinajstić information content (AvgIpc) is 3.06. The Balaban J connectivity index is 1.71. The number of imidazole rings is 1. The second-order valence-corrected chi connectivity index (χ2v) is 8.04. The molecule has 0 radical (unpaired) electrons. The van der Waals surface area contributed by atoms with E-state index in [0.717, 1.165) is 18.7 Å². The van der Waals surface area contributed by atoms with Gasteiger partial charge < -0.3 is 19.7 Å². The zero-order valence-electron chi connectivity index (χ0n) is 17.0. The Morgan fingerprint density at radius 1 is 1.28 bits per heavy atom. The van der Waals surface area contributed by atoms with Gasteiger partial charge in [-0.1, -0.05) is 12.1 Å². The number of benzene rings is 1. The van der Waals surface area contributed by atoms with Crippen LogP contribution in [-0.4, -0.2) is 63.9 Å². The zero-order valence-corrected chi connectivity index (χ0v) is 17.0. The van der Waals surface area contributed by atoms with Gasteiger partial charge in [0, 0.05) is 31.7 Å². The van der Waals surface area contributed by atoms with Crippen LogP contribution in [0.25, 0.3) is 11.4 Å². The number of nitrogens with one attached hydrogen (secondary N) is 1. The van der Waals surface area contributed by atoms with Crippen LogP contribution < -0.4 is 5.32 Å². The molecule has 29 heavy (non-hydrogen) atoms. The van der Waals surface area contributed by atoms with Crippen molar-refractivity contribution in [1.82, 2.24) is 24.7 Å². The summed E-state index contributed by atoms with van der Waals surface area (Å²) in [6.45, 7) is 4.13. The standard InChI is InChI=1S/C21H26FN5O2/c1-13-10-16(21(29)26(13)3)23-20(28)18-17-12-25(2)8-5-9-27(17)19(24-18)14-6-4-7-15(22)11-14/h4,6-7,11,13,16H,5,8-10,12H2,1-3H3,(H,23,28)/t13?,16-/m0/s1. The molecule has 2 aromatic rings. The monoisotopic (exact) mass is 399 g/mol. The van der Waals surface area contributed by atoms with E-state index in [1.165, 1.54) is 12.1 Å². The number of fused-ring (bicyclic) bond motifs is 1. The summed E-state index contributed by atoms with van der Waals surface area (Å²) in [5.41, 5.74) is 1.75. The molecule has 0 spiro atoms. The molecule has 154 valence electrons. The van der Waals surface area contributed by atoms with Crippen molar-refractivity contribution in [3.63, 3.8) is 0 Å². The predicted molar refractivity (Wildman–Crippen MR) is 107 cm³/mol. The predicted octanol–water partition coefficient (Wildman–Crippen LogP) is 1.87. The first-order valence-electron chi connectivity index (χ1n) is 9.96. The van der Waals surface area contributed by atoms with Gasteiger partial charge in [0.1, 0.15) is 17.7 Å². The quantitative estimate of drug-likeness (QED) is 0.856. The number of carbonyl (C=O) groups excluding carboxylic acids is 2. The molecule has 1 N–H and O–H groups in total. The van der Waals surface area contributed by atoms with Gasteiger partial charge in [-0.05, 0) is 45.5 Å². The molecule has 2 aliphatic heterocycles. The van der Waals surface area contributed by atoms with Crippen LogP contribution in [0.15, 0.2) is 24.3 Å². The summed E-state index contributed by atoms with van der Waals surface area (Å²) in [6, 6.07) is 5.81. The van der Waals surface area contributed by atoms with Gasteiger partial charge in [0.25, 0.3) is 5.91 Å². The minimum absolute atomic E-state index is 0.0842. The Hall–Kier alpha value is -2.74. The number of hydrogen-bond donors (Lipinski definition) is 1. The molecular formula is C21H26FN5O2. The molecule has 1 unspecified atom stereocenters. The van der Waals surface area contributed by atoms with Crippen molar-refractivity contribution in [2.75, 3.05) is 20.6 Å². The molecule has 8 heteroatoms.